The summed E-state index contributed by atoms with van der Waals surface area (Å²) in [5, 5.41) is 5.64. The zero-order chi connectivity index (χ0) is 20.4. The highest BCUT2D eigenvalue weighted by Gasteiger charge is 2.08. The molecule has 28 heavy (non-hydrogen) atoms. The van der Waals surface area contributed by atoms with Crippen molar-refractivity contribution in [3.8, 4) is 5.75 Å². The molecule has 0 heterocycles. The topological polar surface area (TPSA) is 84.5 Å². The third kappa shape index (κ3) is 7.52. The van der Waals surface area contributed by atoms with Crippen molar-refractivity contribution < 1.29 is 19.1 Å². The van der Waals surface area contributed by atoms with Crippen LogP contribution in [-0.2, 0) is 16.0 Å². The van der Waals surface area contributed by atoms with Gasteiger partial charge in [-0.05, 0) is 42.7 Å². The molecule has 2 N–H and O–H groups in total. The van der Waals surface area contributed by atoms with Gasteiger partial charge >= 0.3 is 5.97 Å². The maximum atomic E-state index is 12.1. The summed E-state index contributed by atoms with van der Waals surface area (Å²) in [5.74, 6) is -0.379. The maximum absolute atomic E-state index is 12.1. The number of benzene rings is 2. The summed E-state index contributed by atoms with van der Waals surface area (Å²) in [6.07, 6.45) is 1.71. The number of amides is 2. The minimum Gasteiger partial charge on any atom is -0.427 e. The molecule has 0 spiro atoms. The summed E-state index contributed by atoms with van der Waals surface area (Å²) in [7, 11) is 0. The molecule has 2 rings (SSSR count). The van der Waals surface area contributed by atoms with Crippen molar-refractivity contribution in [1.29, 1.82) is 0 Å². The van der Waals surface area contributed by atoms with E-state index in [1.54, 1.807) is 18.2 Å². The Morgan fingerprint density at radius 2 is 1.75 bits per heavy atom. The molecule has 2 aromatic carbocycles. The number of rotatable bonds is 9. The predicted molar refractivity (Wildman–Crippen MR) is 110 cm³/mol. The van der Waals surface area contributed by atoms with Gasteiger partial charge in [-0.1, -0.05) is 40.2 Å². The lowest BCUT2D eigenvalue weighted by Crippen LogP contribution is -2.30. The Morgan fingerprint density at radius 1 is 1.00 bits per heavy atom. The van der Waals surface area contributed by atoms with Gasteiger partial charge in [0.05, 0.1) is 0 Å². The number of hydrogen-bond acceptors (Lipinski definition) is 4. The molecule has 148 valence electrons. The molecule has 2 amide bonds. The molecule has 0 unspecified atom stereocenters. The lowest BCUT2D eigenvalue weighted by Gasteiger charge is -2.08. The van der Waals surface area contributed by atoms with E-state index in [1.165, 1.54) is 13.0 Å². The molecule has 0 aromatic heterocycles. The van der Waals surface area contributed by atoms with Crippen LogP contribution in [0.25, 0.3) is 0 Å². The molecule has 0 saturated carbocycles. The lowest BCUT2D eigenvalue weighted by atomic mass is 10.1. The number of carbonyl (C=O) groups is 3. The van der Waals surface area contributed by atoms with E-state index in [-0.39, 0.29) is 11.8 Å². The normalized spacial score (nSPS) is 10.2. The molecular formula is C21H23BrN2O4. The largest absolute Gasteiger partial charge is 0.427 e. The Kier molecular flexibility index (Phi) is 8.68. The quantitative estimate of drug-likeness (QED) is 0.351. The summed E-state index contributed by atoms with van der Waals surface area (Å²) in [6.45, 7) is 2.23. The van der Waals surface area contributed by atoms with Gasteiger partial charge in [-0.3, -0.25) is 14.4 Å². The second kappa shape index (κ2) is 11.2. The molecule has 0 aliphatic heterocycles. The Bertz CT molecular complexity index is 839. The summed E-state index contributed by atoms with van der Waals surface area (Å²) in [4.78, 5) is 35.0. The zero-order valence-corrected chi connectivity index (χ0v) is 17.3. The van der Waals surface area contributed by atoms with Crippen LogP contribution in [-0.4, -0.2) is 30.9 Å². The van der Waals surface area contributed by atoms with Crippen molar-refractivity contribution in [3.05, 3.63) is 64.1 Å². The van der Waals surface area contributed by atoms with Crippen LogP contribution < -0.4 is 15.4 Å². The fraction of sp³-hybridized carbons (Fsp3) is 0.286. The molecule has 6 nitrogen and oxygen atoms in total. The molecule has 0 radical (unpaired) electrons. The third-order valence-electron chi connectivity index (χ3n) is 3.90. The van der Waals surface area contributed by atoms with E-state index < -0.39 is 5.97 Å². The number of halogens is 1. The summed E-state index contributed by atoms with van der Waals surface area (Å²) in [6, 6.07) is 14.3. The van der Waals surface area contributed by atoms with Gasteiger partial charge in [-0.25, -0.2) is 0 Å². The van der Waals surface area contributed by atoms with Crippen molar-refractivity contribution >= 4 is 33.7 Å². The number of esters is 1. The lowest BCUT2D eigenvalue weighted by molar-refractivity contribution is -0.131. The minimum atomic E-state index is -0.437. The maximum Gasteiger partial charge on any atom is 0.308 e. The van der Waals surface area contributed by atoms with Crippen molar-refractivity contribution in [3.63, 3.8) is 0 Å². The second-order valence-electron chi connectivity index (χ2n) is 6.17. The van der Waals surface area contributed by atoms with Gasteiger partial charge in [0.1, 0.15) is 5.75 Å². The van der Waals surface area contributed by atoms with Gasteiger partial charge < -0.3 is 15.4 Å². The summed E-state index contributed by atoms with van der Waals surface area (Å²) in [5.41, 5.74) is 1.51. The zero-order valence-electron chi connectivity index (χ0n) is 15.7. The van der Waals surface area contributed by atoms with Gasteiger partial charge in [0.15, 0.2) is 0 Å². The van der Waals surface area contributed by atoms with Crippen LogP contribution in [0.4, 0.5) is 0 Å². The van der Waals surface area contributed by atoms with E-state index in [4.69, 9.17) is 4.74 Å². The van der Waals surface area contributed by atoms with Crippen LogP contribution in [0.2, 0.25) is 0 Å². The first-order valence-electron chi connectivity index (χ1n) is 9.02. The highest BCUT2D eigenvalue weighted by Crippen LogP contribution is 2.17. The molecule has 0 bridgehead atoms. The molecule has 0 atom stereocenters. The fourth-order valence-electron chi connectivity index (χ4n) is 2.52. The van der Waals surface area contributed by atoms with E-state index in [0.29, 0.717) is 43.7 Å². The average Bonchev–Trinajstić information content (AvgIpc) is 2.66. The number of carbonyl (C=O) groups excluding carboxylic acids is 3. The molecule has 7 heteroatoms. The SMILES string of the molecule is CC(=O)Oc1cccc(C(=O)NCCCNC(=O)CCc2ccccc2Br)c1. The average molecular weight is 447 g/mol. The van der Waals surface area contributed by atoms with Crippen molar-refractivity contribution in [2.24, 2.45) is 0 Å². The number of ether oxygens (including phenoxy) is 1. The van der Waals surface area contributed by atoms with Crippen molar-refractivity contribution in [1.82, 2.24) is 10.6 Å². The smallest absolute Gasteiger partial charge is 0.308 e. The van der Waals surface area contributed by atoms with E-state index in [9.17, 15) is 14.4 Å². The molecule has 2 aromatic rings. The van der Waals surface area contributed by atoms with E-state index in [2.05, 4.69) is 26.6 Å². The Balaban J connectivity index is 1.64. The summed E-state index contributed by atoms with van der Waals surface area (Å²) >= 11 is 3.47. The van der Waals surface area contributed by atoms with Crippen LogP contribution >= 0.6 is 15.9 Å². The molecule has 0 aliphatic carbocycles. The molecular weight excluding hydrogens is 424 g/mol. The van der Waals surface area contributed by atoms with Crippen LogP contribution in [0, 0.1) is 0 Å². The fourth-order valence-corrected chi connectivity index (χ4v) is 3.01. The van der Waals surface area contributed by atoms with E-state index >= 15 is 0 Å². The van der Waals surface area contributed by atoms with Gasteiger partial charge in [-0.15, -0.1) is 0 Å². The highest BCUT2D eigenvalue weighted by molar-refractivity contribution is 9.10. The number of aryl methyl sites for hydroxylation is 1. The predicted octanol–water partition coefficient (Wildman–Crippen LogP) is 3.24. The molecule has 0 saturated heterocycles. The molecule has 0 aliphatic rings. The van der Waals surface area contributed by atoms with E-state index in [1.807, 2.05) is 24.3 Å². The summed E-state index contributed by atoms with van der Waals surface area (Å²) < 4.78 is 5.97. The Morgan fingerprint density at radius 3 is 2.50 bits per heavy atom. The van der Waals surface area contributed by atoms with Crippen LogP contribution in [0.5, 0.6) is 5.75 Å². The van der Waals surface area contributed by atoms with Crippen molar-refractivity contribution in [2.75, 3.05) is 13.1 Å². The standard InChI is InChI=1S/C21H23BrN2O4/c1-15(25)28-18-8-4-7-17(14-18)21(27)24-13-5-12-23-20(26)11-10-16-6-2-3-9-19(16)22/h2-4,6-9,14H,5,10-13H2,1H3,(H,23,26)(H,24,27). The van der Waals surface area contributed by atoms with Crippen LogP contribution in [0.3, 0.4) is 0 Å². The van der Waals surface area contributed by atoms with E-state index in [0.717, 1.165) is 10.0 Å². The first kappa shape index (κ1) is 21.6. The van der Waals surface area contributed by atoms with Gasteiger partial charge in [0.2, 0.25) is 5.91 Å². The van der Waals surface area contributed by atoms with Gasteiger partial charge in [0, 0.05) is 36.5 Å². The highest BCUT2D eigenvalue weighted by atomic mass is 79.9. The van der Waals surface area contributed by atoms with Gasteiger partial charge in [-0.2, -0.15) is 0 Å². The Hall–Kier alpha value is -2.67. The van der Waals surface area contributed by atoms with Crippen LogP contribution in [0.15, 0.2) is 53.0 Å². The monoisotopic (exact) mass is 446 g/mol. The third-order valence-corrected chi connectivity index (χ3v) is 4.67. The molecule has 0 fully saturated rings. The number of hydrogen-bond donors (Lipinski definition) is 2. The first-order valence-corrected chi connectivity index (χ1v) is 9.82. The second-order valence-corrected chi connectivity index (χ2v) is 7.03. The first-order chi connectivity index (χ1) is 13.5. The number of nitrogens with one attached hydrogen (secondary N) is 2. The Labute approximate surface area is 172 Å². The van der Waals surface area contributed by atoms with Crippen molar-refractivity contribution in [2.45, 2.75) is 26.2 Å². The van der Waals surface area contributed by atoms with Gasteiger partial charge in [0.25, 0.3) is 5.91 Å². The minimum absolute atomic E-state index is 0.0174. The van der Waals surface area contributed by atoms with Crippen LogP contribution in [0.1, 0.15) is 35.7 Å².